The van der Waals surface area contributed by atoms with E-state index in [0.717, 1.165) is 49.4 Å². The molecule has 3 aromatic carbocycles. The van der Waals surface area contributed by atoms with Crippen LogP contribution in [-0.4, -0.2) is 72.3 Å². The maximum Gasteiger partial charge on any atom is 0.272 e. The van der Waals surface area contributed by atoms with E-state index in [2.05, 4.69) is 20.6 Å². The van der Waals surface area contributed by atoms with Gasteiger partial charge in [0.15, 0.2) is 5.69 Å². The molecule has 0 unspecified atom stereocenters. The Kier molecular flexibility index (Phi) is 8.11. The summed E-state index contributed by atoms with van der Waals surface area (Å²) in [6.07, 6.45) is 2.39. The lowest BCUT2D eigenvalue weighted by atomic mass is 9.84. The first-order valence-corrected chi connectivity index (χ1v) is 14.5. The van der Waals surface area contributed by atoms with Gasteiger partial charge < -0.3 is 25.0 Å². The van der Waals surface area contributed by atoms with Crippen molar-refractivity contribution in [2.24, 2.45) is 5.92 Å². The van der Waals surface area contributed by atoms with Gasteiger partial charge in [0.05, 0.1) is 32.6 Å². The van der Waals surface area contributed by atoms with Crippen LogP contribution in [0.2, 0.25) is 0 Å². The van der Waals surface area contributed by atoms with Gasteiger partial charge in [0.1, 0.15) is 11.5 Å². The molecule has 0 spiro atoms. The molecule has 7 rings (SSSR count). The second-order valence-electron chi connectivity index (χ2n) is 11.2. The zero-order valence-corrected chi connectivity index (χ0v) is 24.3. The van der Waals surface area contributed by atoms with E-state index in [4.69, 9.17) is 9.47 Å². The van der Waals surface area contributed by atoms with Gasteiger partial charge in [0.25, 0.3) is 11.8 Å². The minimum atomic E-state index is -0.318. The molecule has 3 fully saturated rings. The average molecular weight is 582 g/mol. The van der Waals surface area contributed by atoms with Crippen LogP contribution in [0.5, 0.6) is 11.5 Å². The number of hydrogen-bond acceptors (Lipinski definition) is 7. The number of carbonyl (C=O) groups is 3. The highest BCUT2D eigenvalue weighted by Gasteiger charge is 2.35. The summed E-state index contributed by atoms with van der Waals surface area (Å²) in [4.78, 5) is 42.4. The van der Waals surface area contributed by atoms with Gasteiger partial charge in [-0.3, -0.25) is 14.4 Å². The van der Waals surface area contributed by atoms with E-state index in [9.17, 15) is 14.4 Å². The highest BCUT2D eigenvalue weighted by atomic mass is 16.5. The van der Waals surface area contributed by atoms with Gasteiger partial charge in [-0.1, -0.05) is 24.3 Å². The molecule has 1 aromatic heterocycles. The summed E-state index contributed by atoms with van der Waals surface area (Å²) in [7, 11) is 3.19. The number of piperidine rings is 3. The van der Waals surface area contributed by atoms with E-state index >= 15 is 0 Å². The monoisotopic (exact) mass is 581 g/mol. The summed E-state index contributed by atoms with van der Waals surface area (Å²) in [6.45, 7) is 2.94. The number of rotatable bonds is 9. The molecule has 3 aliphatic heterocycles. The predicted octanol–water partition coefficient (Wildman–Crippen LogP) is 3.94. The molecule has 2 amide bonds. The molecule has 10 nitrogen and oxygen atoms in total. The summed E-state index contributed by atoms with van der Waals surface area (Å²) in [5, 5.41) is 11.2. The van der Waals surface area contributed by atoms with Gasteiger partial charge in [-0.2, -0.15) is 9.78 Å². The van der Waals surface area contributed by atoms with Gasteiger partial charge in [-0.25, -0.2) is 0 Å². The molecule has 4 heterocycles. The van der Waals surface area contributed by atoms with E-state index in [1.807, 2.05) is 36.4 Å². The summed E-state index contributed by atoms with van der Waals surface area (Å²) in [5.74, 6) is 1.07. The van der Waals surface area contributed by atoms with Crippen molar-refractivity contribution in [2.75, 3.05) is 39.2 Å². The molecular weight excluding hydrogens is 546 g/mol. The van der Waals surface area contributed by atoms with E-state index in [0.29, 0.717) is 28.3 Å². The standard InChI is InChI=1S/C33H35N5O5/c1-42-25-8-3-21(4-9-25)17-30(39)34-24-7-12-29-27(19-24)32(33(41)35-28-20-37-15-13-23(28)14-16-37)36-38(29)31(40)18-22-5-10-26(43-2)11-6-22/h3-12,19,23,28H,13-18,20H2,1-2H3,(H,34,39)(H,35,41)/t28-/m1/s1. The maximum atomic E-state index is 13.7. The first kappa shape index (κ1) is 28.4. The summed E-state index contributed by atoms with van der Waals surface area (Å²) in [6, 6.07) is 19.8. The number of methoxy groups -OCH3 is 2. The highest BCUT2D eigenvalue weighted by molar-refractivity contribution is 6.08. The molecule has 222 valence electrons. The molecule has 3 aliphatic rings. The number of aromatic nitrogens is 2. The molecule has 2 N–H and O–H groups in total. The zero-order valence-electron chi connectivity index (χ0n) is 24.3. The van der Waals surface area contributed by atoms with Crippen molar-refractivity contribution in [1.82, 2.24) is 20.0 Å². The van der Waals surface area contributed by atoms with Crippen LogP contribution in [0.3, 0.4) is 0 Å². The lowest BCUT2D eigenvalue weighted by molar-refractivity contribution is -0.115. The maximum absolute atomic E-state index is 13.7. The number of carbonyl (C=O) groups excluding carboxylic acids is 3. The Bertz CT molecular complexity index is 1640. The van der Waals surface area contributed by atoms with Crippen molar-refractivity contribution in [1.29, 1.82) is 0 Å². The first-order valence-electron chi connectivity index (χ1n) is 14.5. The quantitative estimate of drug-likeness (QED) is 0.308. The van der Waals surface area contributed by atoms with E-state index in [1.54, 1.807) is 44.6 Å². The molecule has 43 heavy (non-hydrogen) atoms. The van der Waals surface area contributed by atoms with Crippen molar-refractivity contribution in [3.63, 3.8) is 0 Å². The Morgan fingerprint density at radius 3 is 2.07 bits per heavy atom. The van der Waals surface area contributed by atoms with Crippen LogP contribution in [0.1, 0.15) is 39.3 Å². The van der Waals surface area contributed by atoms with Crippen LogP contribution in [0.25, 0.3) is 10.9 Å². The number of hydrogen-bond donors (Lipinski definition) is 2. The lowest BCUT2D eigenvalue weighted by Crippen LogP contribution is -2.57. The fraction of sp³-hybridized carbons (Fsp3) is 0.333. The number of fused-ring (bicyclic) bond motifs is 4. The third-order valence-corrected chi connectivity index (χ3v) is 8.43. The normalized spacial score (nSPS) is 19.2. The second kappa shape index (κ2) is 12.3. The summed E-state index contributed by atoms with van der Waals surface area (Å²) in [5.41, 5.74) is 2.83. The Morgan fingerprint density at radius 1 is 0.860 bits per heavy atom. The zero-order chi connectivity index (χ0) is 29.9. The summed E-state index contributed by atoms with van der Waals surface area (Å²) < 4.78 is 11.7. The molecule has 10 heteroatoms. The van der Waals surface area contributed by atoms with Crippen molar-refractivity contribution in [2.45, 2.75) is 31.7 Å². The predicted molar refractivity (Wildman–Crippen MR) is 163 cm³/mol. The molecule has 4 aromatic rings. The topological polar surface area (TPSA) is 115 Å². The van der Waals surface area contributed by atoms with Crippen LogP contribution in [-0.2, 0) is 17.6 Å². The number of nitrogens with one attached hydrogen (secondary N) is 2. The van der Waals surface area contributed by atoms with Crippen LogP contribution in [0, 0.1) is 5.92 Å². The average Bonchev–Trinajstić information content (AvgIpc) is 3.41. The molecule has 2 bridgehead atoms. The van der Waals surface area contributed by atoms with Gasteiger partial charge >= 0.3 is 0 Å². The number of anilines is 1. The van der Waals surface area contributed by atoms with E-state index in [-0.39, 0.29) is 42.3 Å². The largest absolute Gasteiger partial charge is 0.497 e. The van der Waals surface area contributed by atoms with Crippen molar-refractivity contribution < 1.29 is 23.9 Å². The molecular formula is C33H35N5O5. The van der Waals surface area contributed by atoms with Gasteiger partial charge in [0.2, 0.25) is 5.91 Å². The SMILES string of the molecule is COc1ccc(CC(=O)Nc2ccc3c(c2)c(C(=O)N[C@@H]2CN4CCC2CC4)nn3C(=O)Cc2ccc(OC)cc2)cc1. The number of ether oxygens (including phenoxy) is 2. The highest BCUT2D eigenvalue weighted by Crippen LogP contribution is 2.29. The van der Waals surface area contributed by atoms with Crippen LogP contribution < -0.4 is 20.1 Å². The molecule has 0 radical (unpaired) electrons. The fourth-order valence-corrected chi connectivity index (χ4v) is 6.05. The smallest absolute Gasteiger partial charge is 0.272 e. The number of amides is 2. The Morgan fingerprint density at radius 2 is 1.49 bits per heavy atom. The van der Waals surface area contributed by atoms with Crippen LogP contribution in [0.15, 0.2) is 66.7 Å². The third kappa shape index (κ3) is 6.24. The molecule has 0 saturated carbocycles. The van der Waals surface area contributed by atoms with Gasteiger partial charge in [-0.05, 0) is 85.4 Å². The molecule has 3 saturated heterocycles. The summed E-state index contributed by atoms with van der Waals surface area (Å²) >= 11 is 0. The van der Waals surface area contributed by atoms with E-state index in [1.165, 1.54) is 4.68 Å². The van der Waals surface area contributed by atoms with Crippen molar-refractivity contribution in [3.05, 3.63) is 83.6 Å². The Labute approximate surface area is 250 Å². The minimum Gasteiger partial charge on any atom is -0.497 e. The second-order valence-corrected chi connectivity index (χ2v) is 11.2. The van der Waals surface area contributed by atoms with Crippen molar-refractivity contribution >= 4 is 34.3 Å². The van der Waals surface area contributed by atoms with Crippen LogP contribution in [0.4, 0.5) is 5.69 Å². The minimum absolute atomic E-state index is 0.0394. The lowest BCUT2D eigenvalue weighted by Gasteiger charge is -2.44. The van der Waals surface area contributed by atoms with Gasteiger partial charge in [0, 0.05) is 23.7 Å². The molecule has 0 aliphatic carbocycles. The third-order valence-electron chi connectivity index (χ3n) is 8.43. The number of nitrogens with zero attached hydrogens (tertiary/aromatic N) is 3. The van der Waals surface area contributed by atoms with Crippen molar-refractivity contribution in [3.8, 4) is 11.5 Å². The van der Waals surface area contributed by atoms with Gasteiger partial charge in [-0.15, -0.1) is 0 Å². The number of benzene rings is 3. The molecule has 1 atom stereocenters. The fourth-order valence-electron chi connectivity index (χ4n) is 6.05. The first-order chi connectivity index (χ1) is 20.9. The van der Waals surface area contributed by atoms with E-state index < -0.39 is 0 Å². The Hall–Kier alpha value is -4.70. The van der Waals surface area contributed by atoms with Crippen LogP contribution >= 0.6 is 0 Å². The Balaban J connectivity index is 1.26.